The molecule has 0 aliphatic rings. The summed E-state index contributed by atoms with van der Waals surface area (Å²) in [5, 5.41) is 0. The first-order valence-electron chi connectivity index (χ1n) is 3.87. The van der Waals surface area contributed by atoms with Gasteiger partial charge in [0.15, 0.2) is 3.95 Å². The van der Waals surface area contributed by atoms with Crippen molar-refractivity contribution in [3.8, 4) is 0 Å². The lowest BCUT2D eigenvalue weighted by Crippen LogP contribution is -1.91. The van der Waals surface area contributed by atoms with Crippen LogP contribution in [0.1, 0.15) is 37.3 Å². The van der Waals surface area contributed by atoms with E-state index < -0.39 is 0 Å². The van der Waals surface area contributed by atoms with Gasteiger partial charge in [-0.2, -0.15) is 0 Å². The van der Waals surface area contributed by atoms with E-state index in [-0.39, 0.29) is 0 Å². The summed E-state index contributed by atoms with van der Waals surface area (Å²) in [6.07, 6.45) is 1.09. The second-order valence-electron chi connectivity index (χ2n) is 2.86. The van der Waals surface area contributed by atoms with Crippen LogP contribution in [0, 0.1) is 3.95 Å². The van der Waals surface area contributed by atoms with Crippen molar-refractivity contribution in [2.45, 2.75) is 33.1 Å². The van der Waals surface area contributed by atoms with Gasteiger partial charge in [0.05, 0.1) is 0 Å². The molecule has 0 amide bonds. The van der Waals surface area contributed by atoms with Gasteiger partial charge in [-0.3, -0.25) is 0 Å². The van der Waals surface area contributed by atoms with Crippen LogP contribution in [0.25, 0.3) is 0 Å². The predicted molar refractivity (Wildman–Crippen MR) is 53.0 cm³/mol. The molecular formula is C8H13NS2. The molecule has 1 heterocycles. The van der Waals surface area contributed by atoms with Gasteiger partial charge in [-0.25, -0.2) is 0 Å². The SMILES string of the molecule is CCc1sc(=S)[nH]c1C(C)C. The first-order chi connectivity index (χ1) is 5.15. The monoisotopic (exact) mass is 187 g/mol. The third-order valence-corrected chi connectivity index (χ3v) is 3.05. The lowest BCUT2D eigenvalue weighted by Gasteiger charge is -2.02. The van der Waals surface area contributed by atoms with Crippen molar-refractivity contribution in [3.63, 3.8) is 0 Å². The van der Waals surface area contributed by atoms with Crippen molar-refractivity contribution in [2.75, 3.05) is 0 Å². The van der Waals surface area contributed by atoms with Crippen LogP contribution in [0.2, 0.25) is 0 Å². The number of aromatic amines is 1. The van der Waals surface area contributed by atoms with Crippen LogP contribution in [-0.4, -0.2) is 4.98 Å². The molecule has 0 fully saturated rings. The fourth-order valence-electron chi connectivity index (χ4n) is 1.10. The first-order valence-corrected chi connectivity index (χ1v) is 5.09. The molecule has 0 aromatic carbocycles. The molecule has 1 rings (SSSR count). The Morgan fingerprint density at radius 1 is 1.55 bits per heavy atom. The van der Waals surface area contributed by atoms with Gasteiger partial charge in [0.2, 0.25) is 0 Å². The zero-order valence-corrected chi connectivity index (χ0v) is 8.73. The van der Waals surface area contributed by atoms with Crippen LogP contribution < -0.4 is 0 Å². The average molecular weight is 187 g/mol. The number of nitrogens with one attached hydrogen (secondary N) is 1. The Balaban J connectivity index is 3.12. The second-order valence-corrected chi connectivity index (χ2v) is 4.63. The Hall–Kier alpha value is -0.150. The fourth-order valence-corrected chi connectivity index (χ4v) is 2.44. The summed E-state index contributed by atoms with van der Waals surface area (Å²) in [4.78, 5) is 4.64. The third kappa shape index (κ3) is 1.91. The number of aryl methyl sites for hydroxylation is 1. The van der Waals surface area contributed by atoms with Crippen LogP contribution in [-0.2, 0) is 6.42 Å². The summed E-state index contributed by atoms with van der Waals surface area (Å²) in [5.41, 5.74) is 1.32. The molecule has 1 aromatic heterocycles. The molecule has 3 heteroatoms. The van der Waals surface area contributed by atoms with Gasteiger partial charge in [-0.05, 0) is 24.6 Å². The first kappa shape index (κ1) is 8.94. The number of hydrogen-bond donors (Lipinski definition) is 1. The maximum atomic E-state index is 5.07. The average Bonchev–Trinajstić information content (AvgIpc) is 2.30. The van der Waals surface area contributed by atoms with Crippen molar-refractivity contribution >= 4 is 23.6 Å². The maximum absolute atomic E-state index is 5.07. The second kappa shape index (κ2) is 3.50. The van der Waals surface area contributed by atoms with E-state index in [0.717, 1.165) is 10.4 Å². The van der Waals surface area contributed by atoms with Crippen molar-refractivity contribution < 1.29 is 0 Å². The number of hydrogen-bond acceptors (Lipinski definition) is 2. The molecule has 0 aliphatic heterocycles. The molecular weight excluding hydrogens is 174 g/mol. The Morgan fingerprint density at radius 2 is 2.18 bits per heavy atom. The molecule has 0 aliphatic carbocycles. The van der Waals surface area contributed by atoms with Crippen LogP contribution in [0.3, 0.4) is 0 Å². The van der Waals surface area contributed by atoms with Gasteiger partial charge in [-0.15, -0.1) is 11.3 Å². The van der Waals surface area contributed by atoms with E-state index in [2.05, 4.69) is 25.8 Å². The van der Waals surface area contributed by atoms with Gasteiger partial charge in [0.25, 0.3) is 0 Å². The zero-order chi connectivity index (χ0) is 8.43. The van der Waals surface area contributed by atoms with E-state index in [1.165, 1.54) is 10.6 Å². The quantitative estimate of drug-likeness (QED) is 0.701. The van der Waals surface area contributed by atoms with Crippen molar-refractivity contribution in [1.82, 2.24) is 4.98 Å². The molecule has 0 spiro atoms. The summed E-state index contributed by atoms with van der Waals surface area (Å²) in [6.45, 7) is 6.54. The number of H-pyrrole nitrogens is 1. The third-order valence-electron chi connectivity index (χ3n) is 1.65. The molecule has 1 aromatic rings. The fraction of sp³-hybridized carbons (Fsp3) is 0.625. The topological polar surface area (TPSA) is 15.8 Å². The van der Waals surface area contributed by atoms with Gasteiger partial charge >= 0.3 is 0 Å². The molecule has 0 atom stereocenters. The molecule has 1 nitrogen and oxygen atoms in total. The van der Waals surface area contributed by atoms with Crippen LogP contribution in [0.4, 0.5) is 0 Å². The summed E-state index contributed by atoms with van der Waals surface area (Å²) in [5.74, 6) is 0.567. The van der Waals surface area contributed by atoms with E-state index in [0.29, 0.717) is 5.92 Å². The number of thiazole rings is 1. The smallest absolute Gasteiger partial charge is 0.158 e. The van der Waals surface area contributed by atoms with Gasteiger partial charge in [0, 0.05) is 10.6 Å². The summed E-state index contributed by atoms with van der Waals surface area (Å²) < 4.78 is 0.908. The highest BCUT2D eigenvalue weighted by Crippen LogP contribution is 2.22. The summed E-state index contributed by atoms with van der Waals surface area (Å²) in [7, 11) is 0. The van der Waals surface area contributed by atoms with Gasteiger partial charge < -0.3 is 4.98 Å². The Bertz CT molecular complexity index is 283. The highest BCUT2D eigenvalue weighted by atomic mass is 32.1. The normalized spacial score (nSPS) is 10.9. The molecule has 11 heavy (non-hydrogen) atoms. The highest BCUT2D eigenvalue weighted by Gasteiger charge is 2.07. The van der Waals surface area contributed by atoms with E-state index in [1.807, 2.05) is 0 Å². The van der Waals surface area contributed by atoms with E-state index in [9.17, 15) is 0 Å². The molecule has 0 unspecified atom stereocenters. The van der Waals surface area contributed by atoms with E-state index in [1.54, 1.807) is 11.3 Å². The zero-order valence-electron chi connectivity index (χ0n) is 7.10. The van der Waals surface area contributed by atoms with E-state index in [4.69, 9.17) is 12.2 Å². The van der Waals surface area contributed by atoms with E-state index >= 15 is 0 Å². The largest absolute Gasteiger partial charge is 0.340 e. The number of aromatic nitrogens is 1. The molecule has 62 valence electrons. The predicted octanol–water partition coefficient (Wildman–Crippen LogP) is 3.49. The Kier molecular flexibility index (Phi) is 2.84. The van der Waals surface area contributed by atoms with Crippen LogP contribution >= 0.6 is 23.6 Å². The molecule has 0 saturated heterocycles. The number of rotatable bonds is 2. The maximum Gasteiger partial charge on any atom is 0.158 e. The molecule has 0 bridgehead atoms. The van der Waals surface area contributed by atoms with Crippen molar-refractivity contribution in [2.24, 2.45) is 0 Å². The minimum atomic E-state index is 0.567. The summed E-state index contributed by atoms with van der Waals surface area (Å²) >= 11 is 6.77. The lowest BCUT2D eigenvalue weighted by atomic mass is 10.1. The van der Waals surface area contributed by atoms with Crippen molar-refractivity contribution in [1.29, 1.82) is 0 Å². The Labute approximate surface area is 76.5 Å². The molecule has 1 N–H and O–H groups in total. The molecule has 0 radical (unpaired) electrons. The minimum absolute atomic E-state index is 0.567. The minimum Gasteiger partial charge on any atom is -0.340 e. The lowest BCUT2D eigenvalue weighted by molar-refractivity contribution is 0.815. The van der Waals surface area contributed by atoms with Crippen LogP contribution in [0.5, 0.6) is 0 Å². The van der Waals surface area contributed by atoms with Crippen LogP contribution in [0.15, 0.2) is 0 Å². The Morgan fingerprint density at radius 3 is 2.55 bits per heavy atom. The van der Waals surface area contributed by atoms with Gasteiger partial charge in [0.1, 0.15) is 0 Å². The summed E-state index contributed by atoms with van der Waals surface area (Å²) in [6, 6.07) is 0. The standard InChI is InChI=1S/C8H13NS2/c1-4-6-7(5(2)3)9-8(10)11-6/h5H,4H2,1-3H3,(H,9,10). The van der Waals surface area contributed by atoms with Gasteiger partial charge in [-0.1, -0.05) is 20.8 Å². The van der Waals surface area contributed by atoms with Crippen molar-refractivity contribution in [3.05, 3.63) is 14.5 Å². The highest BCUT2D eigenvalue weighted by molar-refractivity contribution is 7.73. The molecule has 0 saturated carbocycles.